The Hall–Kier alpha value is -1.07. The molecule has 2 heterocycles. The number of nitrogens with two attached hydrogens (primary N) is 1. The van der Waals surface area contributed by atoms with Crippen LogP contribution in [0.1, 0.15) is 5.69 Å². The highest BCUT2D eigenvalue weighted by Gasteiger charge is 2.14. The number of hydrogen-bond donors (Lipinski definition) is 2. The number of fused-ring (bicyclic) bond motifs is 1. The molecule has 0 aliphatic carbocycles. The van der Waals surface area contributed by atoms with E-state index in [4.69, 9.17) is 5.73 Å². The van der Waals surface area contributed by atoms with E-state index in [0.29, 0.717) is 5.25 Å². The summed E-state index contributed by atoms with van der Waals surface area (Å²) in [6, 6.07) is 6.15. The van der Waals surface area contributed by atoms with Crippen molar-refractivity contribution in [1.82, 2.24) is 4.98 Å². The molecule has 1 fully saturated rings. The zero-order valence-electron chi connectivity index (χ0n) is 11.6. The average Bonchev–Trinajstić information content (AvgIpc) is 2.47. The lowest BCUT2D eigenvalue weighted by atomic mass is 10.1. The third-order valence-electron chi connectivity index (χ3n) is 3.48. The van der Waals surface area contributed by atoms with Gasteiger partial charge in [0.1, 0.15) is 0 Å². The van der Waals surface area contributed by atoms with E-state index in [1.54, 1.807) is 0 Å². The second kappa shape index (κ2) is 6.14. The highest BCUT2D eigenvalue weighted by atomic mass is 32.2. The number of pyridine rings is 1. The van der Waals surface area contributed by atoms with Crippen LogP contribution >= 0.6 is 23.5 Å². The number of rotatable bonds is 3. The molecule has 1 saturated heterocycles. The standard InChI is InChI=1S/C15H19N3S2/c1-10-6-12-13(8-17-10)14(16)2-3-15(12)18-7-11-9-19-4-5-20-11/h2-3,6,8,11,18H,4-5,7,9,16H2,1H3. The van der Waals surface area contributed by atoms with Gasteiger partial charge in [0.05, 0.1) is 0 Å². The van der Waals surface area contributed by atoms with Crippen LogP contribution in [0.3, 0.4) is 0 Å². The molecule has 0 radical (unpaired) electrons. The van der Waals surface area contributed by atoms with Crippen molar-refractivity contribution >= 4 is 45.7 Å². The number of thioether (sulfide) groups is 2. The van der Waals surface area contributed by atoms with Crippen LogP contribution in [-0.2, 0) is 0 Å². The Morgan fingerprint density at radius 2 is 2.25 bits per heavy atom. The molecule has 3 nitrogen and oxygen atoms in total. The van der Waals surface area contributed by atoms with Crippen LogP contribution in [0, 0.1) is 6.92 Å². The molecular weight excluding hydrogens is 286 g/mol. The summed E-state index contributed by atoms with van der Waals surface area (Å²) in [6.45, 7) is 3.03. The fourth-order valence-corrected chi connectivity index (χ4v) is 5.01. The van der Waals surface area contributed by atoms with E-state index in [-0.39, 0.29) is 0 Å². The summed E-state index contributed by atoms with van der Waals surface area (Å²) in [7, 11) is 0. The largest absolute Gasteiger partial charge is 0.398 e. The predicted octanol–water partition coefficient (Wildman–Crippen LogP) is 3.39. The van der Waals surface area contributed by atoms with Crippen LogP contribution in [0.25, 0.3) is 10.8 Å². The molecule has 1 unspecified atom stereocenters. The lowest BCUT2D eigenvalue weighted by Crippen LogP contribution is -2.23. The molecule has 3 rings (SSSR count). The van der Waals surface area contributed by atoms with E-state index >= 15 is 0 Å². The van der Waals surface area contributed by atoms with Gasteiger partial charge in [0.25, 0.3) is 0 Å². The van der Waals surface area contributed by atoms with E-state index in [2.05, 4.69) is 46.0 Å². The van der Waals surface area contributed by atoms with Crippen LogP contribution in [0.4, 0.5) is 11.4 Å². The molecule has 0 bridgehead atoms. The maximum atomic E-state index is 6.04. The van der Waals surface area contributed by atoms with Gasteiger partial charge in [-0.2, -0.15) is 23.5 Å². The molecule has 1 aliphatic rings. The van der Waals surface area contributed by atoms with Crippen molar-refractivity contribution in [3.8, 4) is 0 Å². The van der Waals surface area contributed by atoms with Crippen LogP contribution in [0.15, 0.2) is 24.4 Å². The number of aryl methyl sites for hydroxylation is 1. The molecule has 0 amide bonds. The molecular formula is C15H19N3S2. The van der Waals surface area contributed by atoms with Gasteiger partial charge >= 0.3 is 0 Å². The Kier molecular flexibility index (Phi) is 4.27. The first-order valence-electron chi connectivity index (χ1n) is 6.82. The summed E-state index contributed by atoms with van der Waals surface area (Å²) in [6.07, 6.45) is 1.87. The van der Waals surface area contributed by atoms with Crippen LogP contribution in [0.2, 0.25) is 0 Å². The fraction of sp³-hybridized carbons (Fsp3) is 0.400. The second-order valence-corrected chi connectivity index (χ2v) is 7.58. The third-order valence-corrected chi connectivity index (χ3v) is 6.32. The van der Waals surface area contributed by atoms with Gasteiger partial charge in [-0.15, -0.1) is 0 Å². The van der Waals surface area contributed by atoms with Gasteiger partial charge in [0.2, 0.25) is 0 Å². The van der Waals surface area contributed by atoms with Crippen molar-refractivity contribution in [2.45, 2.75) is 12.2 Å². The highest BCUT2D eigenvalue weighted by Crippen LogP contribution is 2.30. The number of anilines is 2. The van der Waals surface area contributed by atoms with Gasteiger partial charge in [0, 0.05) is 63.1 Å². The Balaban J connectivity index is 1.83. The predicted molar refractivity (Wildman–Crippen MR) is 93.0 cm³/mol. The van der Waals surface area contributed by atoms with E-state index in [9.17, 15) is 0 Å². The molecule has 5 heteroatoms. The summed E-state index contributed by atoms with van der Waals surface area (Å²) < 4.78 is 0. The first-order chi connectivity index (χ1) is 9.74. The maximum Gasteiger partial charge on any atom is 0.0423 e. The van der Waals surface area contributed by atoms with Gasteiger partial charge in [0.15, 0.2) is 0 Å². The van der Waals surface area contributed by atoms with E-state index in [0.717, 1.165) is 29.0 Å². The van der Waals surface area contributed by atoms with Gasteiger partial charge in [-0.3, -0.25) is 4.98 Å². The van der Waals surface area contributed by atoms with Gasteiger partial charge < -0.3 is 11.1 Å². The normalized spacial score (nSPS) is 19.1. The smallest absolute Gasteiger partial charge is 0.0423 e. The van der Waals surface area contributed by atoms with E-state index in [1.165, 1.54) is 22.6 Å². The number of benzene rings is 1. The van der Waals surface area contributed by atoms with Crippen LogP contribution < -0.4 is 11.1 Å². The first kappa shape index (κ1) is 13.9. The molecule has 0 saturated carbocycles. The highest BCUT2D eigenvalue weighted by molar-refractivity contribution is 8.06. The Labute approximate surface area is 128 Å². The monoisotopic (exact) mass is 305 g/mol. The van der Waals surface area contributed by atoms with Crippen LogP contribution in [0.5, 0.6) is 0 Å². The van der Waals surface area contributed by atoms with Gasteiger partial charge in [-0.25, -0.2) is 0 Å². The molecule has 1 aromatic carbocycles. The quantitative estimate of drug-likeness (QED) is 0.851. The Morgan fingerprint density at radius 3 is 3.05 bits per heavy atom. The van der Waals surface area contributed by atoms with Gasteiger partial charge in [-0.05, 0) is 25.1 Å². The first-order valence-corrected chi connectivity index (χ1v) is 9.02. The van der Waals surface area contributed by atoms with Crippen molar-refractivity contribution in [3.05, 3.63) is 30.1 Å². The molecule has 1 atom stereocenters. The maximum absolute atomic E-state index is 6.04. The Bertz CT molecular complexity index is 609. The molecule has 106 valence electrons. The van der Waals surface area contributed by atoms with E-state index in [1.807, 2.05) is 19.2 Å². The average molecular weight is 305 g/mol. The zero-order chi connectivity index (χ0) is 13.9. The molecule has 1 aliphatic heterocycles. The van der Waals surface area contributed by atoms with Crippen molar-refractivity contribution in [2.24, 2.45) is 0 Å². The lowest BCUT2D eigenvalue weighted by molar-refractivity contribution is 1.01. The molecule has 0 spiro atoms. The molecule has 3 N–H and O–H groups in total. The number of nitrogens with one attached hydrogen (secondary N) is 1. The molecule has 2 aromatic rings. The number of nitrogens with zero attached hydrogens (tertiary/aromatic N) is 1. The summed E-state index contributed by atoms with van der Waals surface area (Å²) in [5.74, 6) is 3.80. The van der Waals surface area contributed by atoms with Crippen molar-refractivity contribution in [1.29, 1.82) is 0 Å². The summed E-state index contributed by atoms with van der Waals surface area (Å²) in [4.78, 5) is 4.34. The minimum Gasteiger partial charge on any atom is -0.398 e. The van der Waals surface area contributed by atoms with Gasteiger partial charge in [-0.1, -0.05) is 0 Å². The SMILES string of the molecule is Cc1cc2c(NCC3CSCCS3)ccc(N)c2cn1. The summed E-state index contributed by atoms with van der Waals surface area (Å²) in [5.41, 5.74) is 9.02. The summed E-state index contributed by atoms with van der Waals surface area (Å²) >= 11 is 4.13. The lowest BCUT2D eigenvalue weighted by Gasteiger charge is -2.22. The topological polar surface area (TPSA) is 50.9 Å². The number of nitrogen functional groups attached to an aromatic ring is 1. The number of hydrogen-bond acceptors (Lipinski definition) is 5. The second-order valence-electron chi connectivity index (χ2n) is 5.02. The Morgan fingerprint density at radius 1 is 1.35 bits per heavy atom. The fourth-order valence-electron chi connectivity index (χ4n) is 2.40. The van der Waals surface area contributed by atoms with Crippen molar-refractivity contribution in [3.63, 3.8) is 0 Å². The van der Waals surface area contributed by atoms with Crippen molar-refractivity contribution < 1.29 is 0 Å². The zero-order valence-corrected chi connectivity index (χ0v) is 13.2. The van der Waals surface area contributed by atoms with Crippen molar-refractivity contribution in [2.75, 3.05) is 34.9 Å². The molecule has 1 aromatic heterocycles. The minimum absolute atomic E-state index is 0.698. The minimum atomic E-state index is 0.698. The number of aromatic nitrogens is 1. The third kappa shape index (κ3) is 2.99. The van der Waals surface area contributed by atoms with Crippen LogP contribution in [-0.4, -0.2) is 34.0 Å². The molecule has 20 heavy (non-hydrogen) atoms. The van der Waals surface area contributed by atoms with E-state index < -0.39 is 0 Å². The summed E-state index contributed by atoms with van der Waals surface area (Å²) in [5, 5.41) is 6.50.